The van der Waals surface area contributed by atoms with Crippen LogP contribution in [0.15, 0.2) is 17.7 Å². The van der Waals surface area contributed by atoms with Gasteiger partial charge in [0.2, 0.25) is 11.7 Å². The van der Waals surface area contributed by atoms with Crippen LogP contribution < -0.4 is 4.74 Å². The lowest BCUT2D eigenvalue weighted by atomic mass is 9.91. The van der Waals surface area contributed by atoms with Gasteiger partial charge in [-0.25, -0.2) is 4.68 Å². The molecule has 0 atom stereocenters. The average Bonchev–Trinajstić information content (AvgIpc) is 2.96. The standard InChI is InChI=1S/C22H27ClN2O3/c1-8-18(26)28-22-20(15(7)24-25(22)9-2)21(27)16-10-11-17(23)19(14(16)6)13(5)12(3)4/h10-11H,8-9H2,1-7H3. The number of esters is 1. The van der Waals surface area contributed by atoms with E-state index in [0.717, 1.165) is 22.3 Å². The number of benzene rings is 1. The second-order valence-corrected chi connectivity index (χ2v) is 7.37. The lowest BCUT2D eigenvalue weighted by molar-refractivity contribution is -0.134. The molecule has 2 aromatic rings. The minimum absolute atomic E-state index is 0.201. The Kier molecular flexibility index (Phi) is 6.83. The fourth-order valence-electron chi connectivity index (χ4n) is 3.09. The van der Waals surface area contributed by atoms with Gasteiger partial charge < -0.3 is 4.74 Å². The van der Waals surface area contributed by atoms with Crippen LogP contribution in [-0.2, 0) is 11.3 Å². The third-order valence-corrected chi connectivity index (χ3v) is 5.21. The van der Waals surface area contributed by atoms with E-state index in [1.165, 1.54) is 0 Å². The maximum atomic E-state index is 13.5. The predicted molar refractivity (Wildman–Crippen MR) is 112 cm³/mol. The number of ketones is 1. The molecular formula is C22H27ClN2O3. The number of hydrogen-bond acceptors (Lipinski definition) is 4. The Morgan fingerprint density at radius 2 is 1.75 bits per heavy atom. The number of rotatable bonds is 6. The molecule has 1 heterocycles. The first kappa shape index (κ1) is 21.9. The summed E-state index contributed by atoms with van der Waals surface area (Å²) < 4.78 is 7.01. The molecule has 0 bridgehead atoms. The van der Waals surface area contributed by atoms with E-state index in [0.29, 0.717) is 28.4 Å². The third kappa shape index (κ3) is 4.04. The number of hydrogen-bond donors (Lipinski definition) is 0. The molecule has 0 amide bonds. The molecule has 28 heavy (non-hydrogen) atoms. The smallest absolute Gasteiger partial charge is 0.312 e. The molecule has 0 aliphatic rings. The summed E-state index contributed by atoms with van der Waals surface area (Å²) in [7, 11) is 0. The van der Waals surface area contributed by atoms with Crippen LogP contribution >= 0.6 is 11.6 Å². The number of carbonyl (C=O) groups excluding carboxylic acids is 2. The zero-order chi connectivity index (χ0) is 21.2. The highest BCUT2D eigenvalue weighted by atomic mass is 35.5. The van der Waals surface area contributed by atoms with E-state index in [4.69, 9.17) is 16.3 Å². The quantitative estimate of drug-likeness (QED) is 0.470. The number of aryl methyl sites for hydroxylation is 2. The SMILES string of the molecule is CCC(=O)Oc1c(C(=O)c2ccc(Cl)c(C(C)=C(C)C)c2C)c(C)nn1CC. The molecule has 0 N–H and O–H groups in total. The van der Waals surface area contributed by atoms with Crippen molar-refractivity contribution in [1.29, 1.82) is 0 Å². The Bertz CT molecular complexity index is 967. The predicted octanol–water partition coefficient (Wildman–Crippen LogP) is 5.53. The van der Waals surface area contributed by atoms with Gasteiger partial charge in [0.1, 0.15) is 5.56 Å². The van der Waals surface area contributed by atoms with Crippen molar-refractivity contribution >= 4 is 28.9 Å². The molecule has 0 aliphatic heterocycles. The van der Waals surface area contributed by atoms with Crippen LogP contribution in [0.5, 0.6) is 5.88 Å². The van der Waals surface area contributed by atoms with Gasteiger partial charge in [0.05, 0.1) is 5.69 Å². The minimum atomic E-state index is -0.405. The first-order valence-electron chi connectivity index (χ1n) is 9.40. The van der Waals surface area contributed by atoms with Gasteiger partial charge in [0.25, 0.3) is 0 Å². The van der Waals surface area contributed by atoms with E-state index in [9.17, 15) is 9.59 Å². The van der Waals surface area contributed by atoms with E-state index in [-0.39, 0.29) is 18.1 Å². The van der Waals surface area contributed by atoms with E-state index >= 15 is 0 Å². The molecule has 2 rings (SSSR count). The van der Waals surface area contributed by atoms with Crippen molar-refractivity contribution < 1.29 is 14.3 Å². The number of aromatic nitrogens is 2. The van der Waals surface area contributed by atoms with Gasteiger partial charge in [0, 0.05) is 23.6 Å². The molecule has 0 aliphatic carbocycles. The molecule has 0 radical (unpaired) electrons. The average molecular weight is 403 g/mol. The number of ether oxygens (including phenoxy) is 1. The van der Waals surface area contributed by atoms with Gasteiger partial charge in [-0.05, 0) is 70.4 Å². The Labute approximate surface area is 171 Å². The summed E-state index contributed by atoms with van der Waals surface area (Å²) >= 11 is 6.44. The summed E-state index contributed by atoms with van der Waals surface area (Å²) in [6, 6.07) is 3.46. The molecule has 5 nitrogen and oxygen atoms in total. The fourth-order valence-corrected chi connectivity index (χ4v) is 3.44. The first-order chi connectivity index (χ1) is 13.1. The van der Waals surface area contributed by atoms with Crippen molar-refractivity contribution in [1.82, 2.24) is 9.78 Å². The topological polar surface area (TPSA) is 61.2 Å². The Hall–Kier alpha value is -2.40. The van der Waals surface area contributed by atoms with Gasteiger partial charge in [-0.15, -0.1) is 0 Å². The van der Waals surface area contributed by atoms with Crippen molar-refractivity contribution in [2.75, 3.05) is 0 Å². The third-order valence-electron chi connectivity index (χ3n) is 4.89. The summed E-state index contributed by atoms with van der Waals surface area (Å²) in [5.74, 6) is -0.433. The van der Waals surface area contributed by atoms with E-state index in [1.807, 2.05) is 34.6 Å². The Morgan fingerprint density at radius 3 is 2.29 bits per heavy atom. The van der Waals surface area contributed by atoms with E-state index in [2.05, 4.69) is 5.10 Å². The molecule has 0 unspecified atom stereocenters. The fraction of sp³-hybridized carbons (Fsp3) is 0.409. The van der Waals surface area contributed by atoms with Gasteiger partial charge >= 0.3 is 5.97 Å². The Balaban J connectivity index is 2.68. The highest BCUT2D eigenvalue weighted by Crippen LogP contribution is 2.34. The zero-order valence-electron chi connectivity index (χ0n) is 17.6. The molecule has 1 aromatic carbocycles. The highest BCUT2D eigenvalue weighted by Gasteiger charge is 2.27. The van der Waals surface area contributed by atoms with E-state index in [1.54, 1.807) is 30.7 Å². The number of nitrogens with zero attached hydrogens (tertiary/aromatic N) is 2. The molecule has 0 saturated heterocycles. The van der Waals surface area contributed by atoms with Crippen molar-refractivity contribution in [2.45, 2.75) is 61.4 Å². The van der Waals surface area contributed by atoms with Gasteiger partial charge in [-0.3, -0.25) is 9.59 Å². The summed E-state index contributed by atoms with van der Waals surface area (Å²) in [5.41, 5.74) is 5.19. The van der Waals surface area contributed by atoms with Crippen LogP contribution in [0.2, 0.25) is 5.02 Å². The second-order valence-electron chi connectivity index (χ2n) is 6.96. The molecule has 0 spiro atoms. The van der Waals surface area contributed by atoms with Gasteiger partial charge in [-0.1, -0.05) is 24.1 Å². The maximum Gasteiger partial charge on any atom is 0.312 e. The minimum Gasteiger partial charge on any atom is -0.407 e. The molecule has 1 aromatic heterocycles. The lowest BCUT2D eigenvalue weighted by Gasteiger charge is -2.15. The number of halogens is 1. The van der Waals surface area contributed by atoms with Crippen LogP contribution in [0.3, 0.4) is 0 Å². The largest absolute Gasteiger partial charge is 0.407 e. The molecular weight excluding hydrogens is 376 g/mol. The second kappa shape index (κ2) is 8.74. The molecule has 0 saturated carbocycles. The van der Waals surface area contributed by atoms with Crippen LogP contribution in [0.25, 0.3) is 5.57 Å². The monoisotopic (exact) mass is 402 g/mol. The van der Waals surface area contributed by atoms with Crippen LogP contribution in [-0.4, -0.2) is 21.5 Å². The maximum absolute atomic E-state index is 13.5. The van der Waals surface area contributed by atoms with Crippen molar-refractivity contribution in [3.63, 3.8) is 0 Å². The summed E-state index contributed by atoms with van der Waals surface area (Å²) in [6.07, 6.45) is 0.214. The van der Waals surface area contributed by atoms with E-state index < -0.39 is 5.97 Å². The Morgan fingerprint density at radius 1 is 1.11 bits per heavy atom. The van der Waals surface area contributed by atoms with Crippen molar-refractivity contribution in [3.8, 4) is 5.88 Å². The van der Waals surface area contributed by atoms with Crippen LogP contribution in [0.4, 0.5) is 0 Å². The van der Waals surface area contributed by atoms with Gasteiger partial charge in [0.15, 0.2) is 0 Å². The number of carbonyl (C=O) groups is 2. The summed E-state index contributed by atoms with van der Waals surface area (Å²) in [5, 5.41) is 4.98. The van der Waals surface area contributed by atoms with Gasteiger partial charge in [-0.2, -0.15) is 5.10 Å². The van der Waals surface area contributed by atoms with Crippen molar-refractivity contribution in [3.05, 3.63) is 50.7 Å². The zero-order valence-corrected chi connectivity index (χ0v) is 18.3. The highest BCUT2D eigenvalue weighted by molar-refractivity contribution is 6.32. The lowest BCUT2D eigenvalue weighted by Crippen LogP contribution is -2.14. The molecule has 6 heteroatoms. The van der Waals surface area contributed by atoms with Crippen LogP contribution in [0, 0.1) is 13.8 Å². The van der Waals surface area contributed by atoms with Crippen molar-refractivity contribution in [2.24, 2.45) is 0 Å². The first-order valence-corrected chi connectivity index (χ1v) is 9.78. The molecule has 0 fully saturated rings. The summed E-state index contributed by atoms with van der Waals surface area (Å²) in [4.78, 5) is 25.4. The molecule has 150 valence electrons. The van der Waals surface area contributed by atoms with Crippen LogP contribution in [0.1, 0.15) is 73.8 Å². The number of allylic oxidation sites excluding steroid dienone is 2. The normalized spacial score (nSPS) is 10.7. The summed E-state index contributed by atoms with van der Waals surface area (Å²) in [6.45, 7) is 13.7.